The van der Waals surface area contributed by atoms with Crippen LogP contribution in [0.4, 0.5) is 0 Å². The van der Waals surface area contributed by atoms with E-state index < -0.39 is 0 Å². The molecule has 0 aromatic carbocycles. The summed E-state index contributed by atoms with van der Waals surface area (Å²) in [7, 11) is 0. The van der Waals surface area contributed by atoms with Gasteiger partial charge in [-0.2, -0.15) is 0 Å². The number of hydrogen-bond donors (Lipinski definition) is 0. The minimum Gasteiger partial charge on any atom is -0.378 e. The summed E-state index contributed by atoms with van der Waals surface area (Å²) in [6.07, 6.45) is 5.49. The molecule has 0 aromatic rings. The van der Waals surface area contributed by atoms with Crippen LogP contribution in [-0.4, -0.2) is 32.2 Å². The first kappa shape index (κ1) is 12.3. The predicted molar refractivity (Wildman–Crippen MR) is 62.2 cm³/mol. The second-order valence-electron chi connectivity index (χ2n) is 5.26. The lowest BCUT2D eigenvalue weighted by Gasteiger charge is -2.30. The molecule has 2 fully saturated rings. The Labute approximate surface area is 98.4 Å². The maximum Gasteiger partial charge on any atom is 0.154 e. The zero-order chi connectivity index (χ0) is 11.4. The molecule has 2 unspecified atom stereocenters. The Morgan fingerprint density at radius 1 is 0.812 bits per heavy atom. The molecule has 3 nitrogen and oxygen atoms in total. The molecule has 2 saturated heterocycles. The second-order valence-corrected chi connectivity index (χ2v) is 5.26. The van der Waals surface area contributed by atoms with E-state index in [-0.39, 0.29) is 6.29 Å². The Morgan fingerprint density at radius 3 is 2.06 bits per heavy atom. The fourth-order valence-electron chi connectivity index (χ4n) is 2.44. The number of ether oxygens (including phenoxy) is 3. The van der Waals surface area contributed by atoms with Gasteiger partial charge in [-0.05, 0) is 45.4 Å². The molecule has 0 amide bonds. The van der Waals surface area contributed by atoms with E-state index in [1.54, 1.807) is 0 Å². The standard InChI is InChI=1S/C13H24O3/c1-10-3-4-12(7-14-10)5-6-13-8-15-11(2)16-9-13/h10-13H,3-9H2,1-2H3. The van der Waals surface area contributed by atoms with Crippen molar-refractivity contribution >= 4 is 0 Å². The van der Waals surface area contributed by atoms with Crippen LogP contribution in [0.15, 0.2) is 0 Å². The van der Waals surface area contributed by atoms with Crippen LogP contribution in [0.2, 0.25) is 0 Å². The highest BCUT2D eigenvalue weighted by Gasteiger charge is 2.22. The van der Waals surface area contributed by atoms with Crippen molar-refractivity contribution in [1.82, 2.24) is 0 Å². The molecule has 2 atom stereocenters. The van der Waals surface area contributed by atoms with Crippen LogP contribution in [0.3, 0.4) is 0 Å². The van der Waals surface area contributed by atoms with Crippen molar-refractivity contribution in [2.75, 3.05) is 19.8 Å². The quantitative estimate of drug-likeness (QED) is 0.743. The van der Waals surface area contributed by atoms with E-state index in [4.69, 9.17) is 14.2 Å². The molecule has 2 heterocycles. The van der Waals surface area contributed by atoms with E-state index >= 15 is 0 Å². The van der Waals surface area contributed by atoms with Gasteiger partial charge in [-0.15, -0.1) is 0 Å². The van der Waals surface area contributed by atoms with Gasteiger partial charge in [0.15, 0.2) is 6.29 Å². The van der Waals surface area contributed by atoms with E-state index in [2.05, 4.69) is 6.92 Å². The predicted octanol–water partition coefficient (Wildman–Crippen LogP) is 2.59. The molecule has 3 heteroatoms. The molecule has 0 spiro atoms. The van der Waals surface area contributed by atoms with Crippen LogP contribution in [0.1, 0.15) is 39.5 Å². The van der Waals surface area contributed by atoms with E-state index in [0.29, 0.717) is 12.0 Å². The Bertz CT molecular complexity index is 169. The SMILES string of the molecule is CC1CCC(CCC2COC(C)OC2)CO1. The van der Waals surface area contributed by atoms with Crippen molar-refractivity contribution < 1.29 is 14.2 Å². The third-order valence-electron chi connectivity index (χ3n) is 3.71. The van der Waals surface area contributed by atoms with Crippen molar-refractivity contribution in [2.45, 2.75) is 51.9 Å². The lowest BCUT2D eigenvalue weighted by Crippen LogP contribution is -2.31. The summed E-state index contributed by atoms with van der Waals surface area (Å²) in [5.41, 5.74) is 0. The lowest BCUT2D eigenvalue weighted by atomic mass is 9.91. The van der Waals surface area contributed by atoms with Crippen LogP contribution < -0.4 is 0 Å². The monoisotopic (exact) mass is 228 g/mol. The summed E-state index contributed by atoms with van der Waals surface area (Å²) < 4.78 is 16.7. The summed E-state index contributed by atoms with van der Waals surface area (Å²) in [5, 5.41) is 0. The van der Waals surface area contributed by atoms with Gasteiger partial charge in [-0.25, -0.2) is 0 Å². The fourth-order valence-corrected chi connectivity index (χ4v) is 2.44. The Hall–Kier alpha value is -0.120. The maximum absolute atomic E-state index is 5.68. The van der Waals surface area contributed by atoms with Gasteiger partial charge in [0.25, 0.3) is 0 Å². The van der Waals surface area contributed by atoms with Crippen molar-refractivity contribution in [1.29, 1.82) is 0 Å². The average molecular weight is 228 g/mol. The van der Waals surface area contributed by atoms with Gasteiger partial charge in [0, 0.05) is 12.5 Å². The van der Waals surface area contributed by atoms with Crippen LogP contribution in [0, 0.1) is 11.8 Å². The van der Waals surface area contributed by atoms with Crippen molar-refractivity contribution in [3.05, 3.63) is 0 Å². The van der Waals surface area contributed by atoms with E-state index in [9.17, 15) is 0 Å². The molecule has 0 saturated carbocycles. The smallest absolute Gasteiger partial charge is 0.154 e. The molecule has 0 bridgehead atoms. The summed E-state index contributed by atoms with van der Waals surface area (Å²) in [6, 6.07) is 0. The molecule has 94 valence electrons. The van der Waals surface area contributed by atoms with Gasteiger partial charge >= 0.3 is 0 Å². The van der Waals surface area contributed by atoms with Crippen LogP contribution in [0.25, 0.3) is 0 Å². The lowest BCUT2D eigenvalue weighted by molar-refractivity contribution is -0.191. The van der Waals surface area contributed by atoms with Crippen LogP contribution in [0.5, 0.6) is 0 Å². The van der Waals surface area contributed by atoms with E-state index in [1.807, 2.05) is 6.92 Å². The Balaban J connectivity index is 1.60. The average Bonchev–Trinajstić information content (AvgIpc) is 2.30. The van der Waals surface area contributed by atoms with Gasteiger partial charge < -0.3 is 14.2 Å². The van der Waals surface area contributed by atoms with Gasteiger partial charge in [-0.3, -0.25) is 0 Å². The molecule has 0 N–H and O–H groups in total. The van der Waals surface area contributed by atoms with Gasteiger partial charge in [0.1, 0.15) is 0 Å². The first-order chi connectivity index (χ1) is 7.74. The van der Waals surface area contributed by atoms with Gasteiger partial charge in [0.2, 0.25) is 0 Å². The molecule has 0 aromatic heterocycles. The highest BCUT2D eigenvalue weighted by molar-refractivity contribution is 4.70. The number of rotatable bonds is 3. The molecular weight excluding hydrogens is 204 g/mol. The van der Waals surface area contributed by atoms with Crippen molar-refractivity contribution in [3.63, 3.8) is 0 Å². The summed E-state index contributed by atoms with van der Waals surface area (Å²) in [5.74, 6) is 1.35. The van der Waals surface area contributed by atoms with Gasteiger partial charge in [-0.1, -0.05) is 0 Å². The Kier molecular flexibility index (Phi) is 4.62. The van der Waals surface area contributed by atoms with E-state index in [1.165, 1.54) is 25.7 Å². The van der Waals surface area contributed by atoms with E-state index in [0.717, 1.165) is 25.7 Å². The molecule has 2 aliphatic rings. The highest BCUT2D eigenvalue weighted by Crippen LogP contribution is 2.25. The second kappa shape index (κ2) is 5.99. The van der Waals surface area contributed by atoms with Crippen molar-refractivity contribution in [3.8, 4) is 0 Å². The minimum absolute atomic E-state index is 0.00452. The highest BCUT2D eigenvalue weighted by atomic mass is 16.7. The van der Waals surface area contributed by atoms with Crippen LogP contribution in [-0.2, 0) is 14.2 Å². The maximum atomic E-state index is 5.68. The summed E-state index contributed by atoms with van der Waals surface area (Å²) in [4.78, 5) is 0. The minimum atomic E-state index is -0.00452. The Morgan fingerprint density at radius 2 is 1.44 bits per heavy atom. The summed E-state index contributed by atoms with van der Waals surface area (Å²) in [6.45, 7) is 6.81. The first-order valence-corrected chi connectivity index (χ1v) is 6.59. The fraction of sp³-hybridized carbons (Fsp3) is 1.00. The first-order valence-electron chi connectivity index (χ1n) is 6.59. The van der Waals surface area contributed by atoms with Crippen LogP contribution >= 0.6 is 0 Å². The molecule has 0 radical (unpaired) electrons. The molecular formula is C13H24O3. The normalized spacial score (nSPS) is 40.9. The third kappa shape index (κ3) is 3.72. The molecule has 16 heavy (non-hydrogen) atoms. The molecule has 2 aliphatic heterocycles. The summed E-state index contributed by atoms with van der Waals surface area (Å²) >= 11 is 0. The largest absolute Gasteiger partial charge is 0.378 e. The zero-order valence-corrected chi connectivity index (χ0v) is 10.5. The third-order valence-corrected chi connectivity index (χ3v) is 3.71. The molecule has 0 aliphatic carbocycles. The number of hydrogen-bond acceptors (Lipinski definition) is 3. The topological polar surface area (TPSA) is 27.7 Å². The molecule has 2 rings (SSSR count). The van der Waals surface area contributed by atoms with Crippen molar-refractivity contribution in [2.24, 2.45) is 11.8 Å². The zero-order valence-electron chi connectivity index (χ0n) is 10.5. The van der Waals surface area contributed by atoms with Gasteiger partial charge in [0.05, 0.1) is 19.3 Å².